The molecule has 0 spiro atoms. The van der Waals surface area contributed by atoms with Crippen molar-refractivity contribution in [1.82, 2.24) is 10.3 Å². The molecule has 0 saturated heterocycles. The van der Waals surface area contributed by atoms with Crippen LogP contribution in [0.4, 0.5) is 5.13 Å². The third kappa shape index (κ3) is 2.27. The van der Waals surface area contributed by atoms with Crippen molar-refractivity contribution >= 4 is 22.4 Å². The minimum atomic E-state index is -0.150. The summed E-state index contributed by atoms with van der Waals surface area (Å²) < 4.78 is 5.12. The van der Waals surface area contributed by atoms with Gasteiger partial charge in [-0.15, -0.1) is 11.3 Å². The van der Waals surface area contributed by atoms with Crippen LogP contribution in [0.25, 0.3) is 0 Å². The maximum atomic E-state index is 11.6. The lowest BCUT2D eigenvalue weighted by atomic mass is 9.89. The number of rotatable bonds is 3. The van der Waals surface area contributed by atoms with Gasteiger partial charge in [0.2, 0.25) is 0 Å². The summed E-state index contributed by atoms with van der Waals surface area (Å²) >= 11 is 1.27. The molecule has 3 N–H and O–H groups in total. The van der Waals surface area contributed by atoms with Gasteiger partial charge in [0.1, 0.15) is 5.69 Å². The first kappa shape index (κ1) is 10.4. The first-order chi connectivity index (χ1) is 7.19. The van der Waals surface area contributed by atoms with Crippen molar-refractivity contribution in [2.45, 2.75) is 25.0 Å². The first-order valence-corrected chi connectivity index (χ1v) is 5.61. The van der Waals surface area contributed by atoms with Crippen molar-refractivity contribution in [1.29, 1.82) is 0 Å². The van der Waals surface area contributed by atoms with Crippen LogP contribution in [-0.4, -0.2) is 30.1 Å². The van der Waals surface area contributed by atoms with Crippen molar-refractivity contribution in [3.8, 4) is 0 Å². The second-order valence-corrected chi connectivity index (χ2v) is 4.46. The quantitative estimate of drug-likeness (QED) is 0.794. The van der Waals surface area contributed by atoms with Crippen LogP contribution in [-0.2, 0) is 4.74 Å². The zero-order valence-electron chi connectivity index (χ0n) is 8.40. The number of ether oxygens (including phenoxy) is 1. The Morgan fingerprint density at radius 1 is 1.73 bits per heavy atom. The molecule has 82 valence electrons. The number of aromatic nitrogens is 1. The van der Waals surface area contributed by atoms with Crippen LogP contribution in [0.2, 0.25) is 0 Å². The predicted molar refractivity (Wildman–Crippen MR) is 57.8 cm³/mol. The van der Waals surface area contributed by atoms with Gasteiger partial charge in [-0.3, -0.25) is 4.79 Å². The Morgan fingerprint density at radius 2 is 2.47 bits per heavy atom. The van der Waals surface area contributed by atoms with E-state index in [-0.39, 0.29) is 18.1 Å². The standard InChI is InChI=1S/C9H13N3O2S/c1-14-6-2-5(3-6)11-8(13)7-4-15-9(10)12-7/h4-6H,2-3H2,1H3,(H2,10,12)(H,11,13). The lowest BCUT2D eigenvalue weighted by Crippen LogP contribution is -2.47. The summed E-state index contributed by atoms with van der Waals surface area (Å²) in [6, 6.07) is 0.213. The molecule has 1 saturated carbocycles. The Labute approximate surface area is 91.6 Å². The van der Waals surface area contributed by atoms with Gasteiger partial charge in [-0.25, -0.2) is 4.98 Å². The van der Waals surface area contributed by atoms with Gasteiger partial charge in [0, 0.05) is 18.5 Å². The molecule has 1 fully saturated rings. The fraction of sp³-hybridized carbons (Fsp3) is 0.556. The fourth-order valence-corrected chi connectivity index (χ4v) is 2.07. The number of carbonyl (C=O) groups excluding carboxylic acids is 1. The van der Waals surface area contributed by atoms with Gasteiger partial charge in [-0.2, -0.15) is 0 Å². The summed E-state index contributed by atoms with van der Waals surface area (Å²) in [6.07, 6.45) is 2.04. The molecule has 0 bridgehead atoms. The molecule has 1 amide bonds. The van der Waals surface area contributed by atoms with Gasteiger partial charge in [-0.1, -0.05) is 0 Å². The van der Waals surface area contributed by atoms with E-state index < -0.39 is 0 Å². The van der Waals surface area contributed by atoms with Gasteiger partial charge in [0.05, 0.1) is 6.10 Å². The number of amides is 1. The van der Waals surface area contributed by atoms with Gasteiger partial charge in [0.25, 0.3) is 5.91 Å². The molecule has 1 heterocycles. The number of nitrogens with two attached hydrogens (primary N) is 1. The molecule has 1 aromatic rings. The second-order valence-electron chi connectivity index (χ2n) is 3.57. The summed E-state index contributed by atoms with van der Waals surface area (Å²) in [5, 5.41) is 4.96. The molecule has 0 unspecified atom stereocenters. The van der Waals surface area contributed by atoms with Crippen LogP contribution >= 0.6 is 11.3 Å². The molecular formula is C9H13N3O2S. The Kier molecular flexibility index (Phi) is 2.88. The van der Waals surface area contributed by atoms with E-state index in [4.69, 9.17) is 10.5 Å². The number of methoxy groups -OCH3 is 1. The number of nitrogens with zero attached hydrogens (tertiary/aromatic N) is 1. The van der Waals surface area contributed by atoms with E-state index in [0.29, 0.717) is 10.8 Å². The van der Waals surface area contributed by atoms with Gasteiger partial charge in [-0.05, 0) is 12.8 Å². The minimum absolute atomic E-state index is 0.150. The molecule has 15 heavy (non-hydrogen) atoms. The molecule has 1 aliphatic carbocycles. The van der Waals surface area contributed by atoms with E-state index in [1.54, 1.807) is 12.5 Å². The van der Waals surface area contributed by atoms with E-state index >= 15 is 0 Å². The number of anilines is 1. The summed E-state index contributed by atoms with van der Waals surface area (Å²) in [6.45, 7) is 0. The zero-order valence-corrected chi connectivity index (χ0v) is 9.21. The van der Waals surface area contributed by atoms with Crippen molar-refractivity contribution in [3.63, 3.8) is 0 Å². The molecule has 2 rings (SSSR count). The SMILES string of the molecule is COC1CC(NC(=O)c2csc(N)n2)C1. The smallest absolute Gasteiger partial charge is 0.271 e. The van der Waals surface area contributed by atoms with E-state index in [1.165, 1.54) is 11.3 Å². The number of hydrogen-bond donors (Lipinski definition) is 2. The lowest BCUT2D eigenvalue weighted by Gasteiger charge is -2.34. The largest absolute Gasteiger partial charge is 0.381 e. The van der Waals surface area contributed by atoms with E-state index in [1.807, 2.05) is 0 Å². The van der Waals surface area contributed by atoms with E-state index in [0.717, 1.165) is 12.8 Å². The average molecular weight is 227 g/mol. The van der Waals surface area contributed by atoms with Crippen molar-refractivity contribution < 1.29 is 9.53 Å². The Bertz CT molecular complexity index is 360. The van der Waals surface area contributed by atoms with Gasteiger partial charge >= 0.3 is 0 Å². The molecular weight excluding hydrogens is 214 g/mol. The maximum absolute atomic E-state index is 11.6. The van der Waals surface area contributed by atoms with Gasteiger partial charge < -0.3 is 15.8 Å². The maximum Gasteiger partial charge on any atom is 0.271 e. The van der Waals surface area contributed by atoms with E-state index in [9.17, 15) is 4.79 Å². The summed E-state index contributed by atoms with van der Waals surface area (Å²) in [7, 11) is 1.68. The number of hydrogen-bond acceptors (Lipinski definition) is 5. The third-order valence-corrected chi connectivity index (χ3v) is 3.19. The number of nitrogen functional groups attached to an aromatic ring is 1. The first-order valence-electron chi connectivity index (χ1n) is 4.73. The number of carbonyl (C=O) groups is 1. The minimum Gasteiger partial charge on any atom is -0.381 e. The highest BCUT2D eigenvalue weighted by molar-refractivity contribution is 7.13. The van der Waals surface area contributed by atoms with Crippen molar-refractivity contribution in [3.05, 3.63) is 11.1 Å². The van der Waals surface area contributed by atoms with Crippen LogP contribution < -0.4 is 11.1 Å². The lowest BCUT2D eigenvalue weighted by molar-refractivity contribution is 0.0175. The number of thiazole rings is 1. The molecule has 1 aromatic heterocycles. The Balaban J connectivity index is 1.84. The summed E-state index contributed by atoms with van der Waals surface area (Å²) in [5.41, 5.74) is 5.85. The zero-order chi connectivity index (χ0) is 10.8. The van der Waals surface area contributed by atoms with Crippen molar-refractivity contribution in [2.24, 2.45) is 0 Å². The summed E-state index contributed by atoms with van der Waals surface area (Å²) in [4.78, 5) is 15.5. The molecule has 0 aromatic carbocycles. The average Bonchev–Trinajstić information content (AvgIpc) is 2.57. The van der Waals surface area contributed by atoms with Crippen LogP contribution in [0.15, 0.2) is 5.38 Å². The Hall–Kier alpha value is -1.14. The van der Waals surface area contributed by atoms with Crippen LogP contribution in [0, 0.1) is 0 Å². The molecule has 5 nitrogen and oxygen atoms in total. The molecule has 0 atom stereocenters. The highest BCUT2D eigenvalue weighted by Crippen LogP contribution is 2.23. The molecule has 1 aliphatic rings. The highest BCUT2D eigenvalue weighted by Gasteiger charge is 2.30. The van der Waals surface area contributed by atoms with E-state index in [2.05, 4.69) is 10.3 Å². The molecule has 0 radical (unpaired) electrons. The Morgan fingerprint density at radius 3 is 3.00 bits per heavy atom. The monoisotopic (exact) mass is 227 g/mol. The normalized spacial score (nSPS) is 24.6. The number of nitrogens with one attached hydrogen (secondary N) is 1. The topological polar surface area (TPSA) is 77.2 Å². The summed E-state index contributed by atoms with van der Waals surface area (Å²) in [5.74, 6) is -0.150. The second kappa shape index (κ2) is 4.16. The van der Waals surface area contributed by atoms with Crippen LogP contribution in [0.3, 0.4) is 0 Å². The van der Waals surface area contributed by atoms with Crippen LogP contribution in [0.1, 0.15) is 23.3 Å². The molecule has 6 heteroatoms. The van der Waals surface area contributed by atoms with Crippen molar-refractivity contribution in [2.75, 3.05) is 12.8 Å². The fourth-order valence-electron chi connectivity index (χ4n) is 1.53. The van der Waals surface area contributed by atoms with Crippen LogP contribution in [0.5, 0.6) is 0 Å². The van der Waals surface area contributed by atoms with Gasteiger partial charge in [0.15, 0.2) is 5.13 Å². The molecule has 0 aliphatic heterocycles. The highest BCUT2D eigenvalue weighted by atomic mass is 32.1. The third-order valence-electron chi connectivity index (χ3n) is 2.52. The predicted octanol–water partition coefficient (Wildman–Crippen LogP) is 0.632.